The van der Waals surface area contributed by atoms with Gasteiger partial charge < -0.3 is 15.5 Å². The average Bonchev–Trinajstić information content (AvgIpc) is 2.47. The lowest BCUT2D eigenvalue weighted by Gasteiger charge is -2.15. The van der Waals surface area contributed by atoms with E-state index in [2.05, 4.69) is 10.6 Å². The highest BCUT2D eigenvalue weighted by Gasteiger charge is 2.07. The van der Waals surface area contributed by atoms with Crippen LogP contribution in [0.15, 0.2) is 48.5 Å². The van der Waals surface area contributed by atoms with Crippen molar-refractivity contribution >= 4 is 29.0 Å². The molecule has 0 fully saturated rings. The second-order valence-electron chi connectivity index (χ2n) is 4.71. The minimum atomic E-state index is -0.474. The molecule has 0 unspecified atom stereocenters. The molecule has 0 radical (unpaired) electrons. The van der Waals surface area contributed by atoms with Gasteiger partial charge in [0.2, 0.25) is 5.91 Å². The molecule has 2 aromatic carbocycles. The van der Waals surface area contributed by atoms with E-state index in [0.717, 1.165) is 5.69 Å². The zero-order valence-corrected chi connectivity index (χ0v) is 12.3. The number of rotatable bonds is 3. The highest BCUT2D eigenvalue weighted by Crippen LogP contribution is 2.17. The van der Waals surface area contributed by atoms with Crippen LogP contribution < -0.4 is 15.5 Å². The Labute approximate surface area is 127 Å². The SMILES string of the molecule is CC(=O)N(C)c1ccc(NC(=O)Nc2cccc(F)c2)cc1. The number of benzene rings is 2. The van der Waals surface area contributed by atoms with Gasteiger partial charge >= 0.3 is 6.03 Å². The van der Waals surface area contributed by atoms with Crippen LogP contribution in [-0.2, 0) is 4.79 Å². The molecule has 0 aliphatic carbocycles. The van der Waals surface area contributed by atoms with Gasteiger partial charge in [0, 0.05) is 31.0 Å². The molecule has 2 rings (SSSR count). The second-order valence-corrected chi connectivity index (χ2v) is 4.71. The Morgan fingerprint density at radius 2 is 1.64 bits per heavy atom. The van der Waals surface area contributed by atoms with Gasteiger partial charge in [0.1, 0.15) is 5.82 Å². The lowest BCUT2D eigenvalue weighted by Crippen LogP contribution is -2.23. The van der Waals surface area contributed by atoms with E-state index < -0.39 is 11.8 Å². The summed E-state index contributed by atoms with van der Waals surface area (Å²) < 4.78 is 13.0. The maximum Gasteiger partial charge on any atom is 0.323 e. The smallest absolute Gasteiger partial charge is 0.316 e. The molecule has 22 heavy (non-hydrogen) atoms. The number of urea groups is 1. The fourth-order valence-electron chi connectivity index (χ4n) is 1.81. The number of amides is 3. The van der Waals surface area contributed by atoms with Crippen molar-refractivity contribution in [3.05, 3.63) is 54.3 Å². The van der Waals surface area contributed by atoms with E-state index >= 15 is 0 Å². The summed E-state index contributed by atoms with van der Waals surface area (Å²) in [6, 6.07) is 12.0. The van der Waals surface area contributed by atoms with Gasteiger partial charge in [0.05, 0.1) is 0 Å². The molecular weight excluding hydrogens is 285 g/mol. The molecule has 0 aromatic heterocycles. The molecule has 114 valence electrons. The fourth-order valence-corrected chi connectivity index (χ4v) is 1.81. The number of nitrogens with zero attached hydrogens (tertiary/aromatic N) is 1. The van der Waals surface area contributed by atoms with Gasteiger partial charge in [-0.1, -0.05) is 6.07 Å². The number of hydrogen-bond donors (Lipinski definition) is 2. The highest BCUT2D eigenvalue weighted by atomic mass is 19.1. The Balaban J connectivity index is 1.98. The quantitative estimate of drug-likeness (QED) is 0.912. The van der Waals surface area contributed by atoms with Gasteiger partial charge in [-0.25, -0.2) is 9.18 Å². The topological polar surface area (TPSA) is 61.4 Å². The predicted octanol–water partition coefficient (Wildman–Crippen LogP) is 3.45. The van der Waals surface area contributed by atoms with Crippen molar-refractivity contribution in [2.24, 2.45) is 0 Å². The van der Waals surface area contributed by atoms with Crippen LogP contribution in [0.4, 0.5) is 26.2 Å². The van der Waals surface area contributed by atoms with E-state index in [9.17, 15) is 14.0 Å². The van der Waals surface area contributed by atoms with Crippen LogP contribution >= 0.6 is 0 Å². The highest BCUT2D eigenvalue weighted by molar-refractivity contribution is 6.00. The van der Waals surface area contributed by atoms with Gasteiger partial charge in [0.25, 0.3) is 0 Å². The monoisotopic (exact) mass is 301 g/mol. The van der Waals surface area contributed by atoms with Crippen molar-refractivity contribution in [2.75, 3.05) is 22.6 Å². The van der Waals surface area contributed by atoms with Crippen LogP contribution in [0.25, 0.3) is 0 Å². The third-order valence-corrected chi connectivity index (χ3v) is 3.07. The molecule has 2 N–H and O–H groups in total. The third kappa shape index (κ3) is 4.05. The molecule has 0 saturated heterocycles. The first-order valence-electron chi connectivity index (χ1n) is 6.63. The third-order valence-electron chi connectivity index (χ3n) is 3.07. The Morgan fingerprint density at radius 3 is 2.23 bits per heavy atom. The standard InChI is InChI=1S/C16H16FN3O2/c1-11(21)20(2)15-8-6-13(7-9-15)18-16(22)19-14-5-3-4-12(17)10-14/h3-10H,1-2H3,(H2,18,19,22). The molecule has 3 amide bonds. The fraction of sp³-hybridized carbons (Fsp3) is 0.125. The average molecular weight is 301 g/mol. The van der Waals surface area contributed by atoms with E-state index in [1.807, 2.05) is 0 Å². The molecule has 0 saturated carbocycles. The molecule has 0 aliphatic rings. The van der Waals surface area contributed by atoms with Crippen LogP contribution in [0, 0.1) is 5.82 Å². The van der Waals surface area contributed by atoms with Gasteiger partial charge in [-0.3, -0.25) is 4.79 Å². The maximum absolute atomic E-state index is 13.0. The van der Waals surface area contributed by atoms with Crippen molar-refractivity contribution < 1.29 is 14.0 Å². The van der Waals surface area contributed by atoms with Gasteiger partial charge in [-0.05, 0) is 42.5 Å². The molecular formula is C16H16FN3O2. The Kier molecular flexibility index (Phi) is 4.73. The molecule has 0 aliphatic heterocycles. The summed E-state index contributed by atoms with van der Waals surface area (Å²) in [6.07, 6.45) is 0. The molecule has 2 aromatic rings. The van der Waals surface area contributed by atoms with E-state index in [1.54, 1.807) is 37.4 Å². The van der Waals surface area contributed by atoms with E-state index in [-0.39, 0.29) is 5.91 Å². The van der Waals surface area contributed by atoms with E-state index in [0.29, 0.717) is 11.4 Å². The second kappa shape index (κ2) is 6.71. The van der Waals surface area contributed by atoms with Crippen molar-refractivity contribution in [2.45, 2.75) is 6.92 Å². The van der Waals surface area contributed by atoms with Crippen molar-refractivity contribution in [3.8, 4) is 0 Å². The van der Waals surface area contributed by atoms with Crippen molar-refractivity contribution in [3.63, 3.8) is 0 Å². The first-order valence-corrected chi connectivity index (χ1v) is 6.63. The lowest BCUT2D eigenvalue weighted by atomic mass is 10.2. The van der Waals surface area contributed by atoms with Crippen molar-refractivity contribution in [1.29, 1.82) is 0 Å². The number of carbonyl (C=O) groups is 2. The molecule has 5 nitrogen and oxygen atoms in total. The van der Waals surface area contributed by atoms with Crippen LogP contribution in [0.5, 0.6) is 0 Å². The predicted molar refractivity (Wildman–Crippen MR) is 84.6 cm³/mol. The number of nitrogens with one attached hydrogen (secondary N) is 2. The minimum absolute atomic E-state index is 0.0791. The first kappa shape index (κ1) is 15.5. The summed E-state index contributed by atoms with van der Waals surface area (Å²) in [7, 11) is 1.67. The lowest BCUT2D eigenvalue weighted by molar-refractivity contribution is -0.116. The van der Waals surface area contributed by atoms with E-state index in [4.69, 9.17) is 0 Å². The first-order chi connectivity index (χ1) is 10.5. The number of hydrogen-bond acceptors (Lipinski definition) is 2. The number of carbonyl (C=O) groups excluding carboxylic acids is 2. The minimum Gasteiger partial charge on any atom is -0.316 e. The zero-order valence-electron chi connectivity index (χ0n) is 12.3. The number of halogens is 1. The molecule has 6 heteroatoms. The zero-order chi connectivity index (χ0) is 16.1. The van der Waals surface area contributed by atoms with Crippen LogP contribution in [-0.4, -0.2) is 19.0 Å². The molecule has 0 spiro atoms. The summed E-state index contributed by atoms with van der Waals surface area (Å²) in [6.45, 7) is 1.47. The van der Waals surface area contributed by atoms with Gasteiger partial charge in [-0.15, -0.1) is 0 Å². The Hall–Kier alpha value is -2.89. The summed E-state index contributed by atoms with van der Waals surface area (Å²) in [5.41, 5.74) is 1.66. The summed E-state index contributed by atoms with van der Waals surface area (Å²) in [5, 5.41) is 5.16. The summed E-state index contributed by atoms with van der Waals surface area (Å²) in [5.74, 6) is -0.501. The Morgan fingerprint density at radius 1 is 1.00 bits per heavy atom. The summed E-state index contributed by atoms with van der Waals surface area (Å²) >= 11 is 0. The van der Waals surface area contributed by atoms with Crippen LogP contribution in [0.1, 0.15) is 6.92 Å². The summed E-state index contributed by atoms with van der Waals surface area (Å²) in [4.78, 5) is 24.6. The Bertz CT molecular complexity index is 686. The molecule has 0 heterocycles. The maximum atomic E-state index is 13.0. The van der Waals surface area contributed by atoms with Crippen LogP contribution in [0.2, 0.25) is 0 Å². The van der Waals surface area contributed by atoms with Crippen molar-refractivity contribution in [1.82, 2.24) is 0 Å². The van der Waals surface area contributed by atoms with Gasteiger partial charge in [0.15, 0.2) is 0 Å². The normalized spacial score (nSPS) is 9.95. The van der Waals surface area contributed by atoms with Gasteiger partial charge in [-0.2, -0.15) is 0 Å². The molecule has 0 atom stereocenters. The number of anilines is 3. The molecule has 0 bridgehead atoms. The van der Waals surface area contributed by atoms with Crippen LogP contribution in [0.3, 0.4) is 0 Å². The largest absolute Gasteiger partial charge is 0.323 e. The van der Waals surface area contributed by atoms with E-state index in [1.165, 1.54) is 30.0 Å².